The van der Waals surface area contributed by atoms with Crippen molar-refractivity contribution in [1.29, 1.82) is 0 Å². The first-order chi connectivity index (χ1) is 12.9. The van der Waals surface area contributed by atoms with Crippen molar-refractivity contribution in [3.8, 4) is 0 Å². The van der Waals surface area contributed by atoms with Gasteiger partial charge < -0.3 is 5.32 Å². The summed E-state index contributed by atoms with van der Waals surface area (Å²) in [6.45, 7) is 4.08. The van der Waals surface area contributed by atoms with Crippen molar-refractivity contribution in [2.45, 2.75) is 25.4 Å². The number of rotatable bonds is 7. The standard InChI is InChI=1S/C22H26N4/c1-3-9-19(10-4-1)17-26-18-21(15-24-26)23-16-22(25-13-7-8-14-25)20-11-5-2-6-12-20/h1-6,9-12,15,18,22-23H,7-8,13-14,16-17H2. The number of hydrogen-bond donors (Lipinski definition) is 1. The lowest BCUT2D eigenvalue weighted by molar-refractivity contribution is 0.256. The summed E-state index contributed by atoms with van der Waals surface area (Å²) in [5.41, 5.74) is 3.74. The van der Waals surface area contributed by atoms with Crippen molar-refractivity contribution in [1.82, 2.24) is 14.7 Å². The molecule has 1 aromatic heterocycles. The van der Waals surface area contributed by atoms with Crippen LogP contribution in [0.15, 0.2) is 73.1 Å². The first-order valence-corrected chi connectivity index (χ1v) is 9.48. The quantitative estimate of drug-likeness (QED) is 0.697. The minimum absolute atomic E-state index is 0.413. The maximum absolute atomic E-state index is 4.50. The zero-order chi connectivity index (χ0) is 17.6. The van der Waals surface area contributed by atoms with Gasteiger partial charge >= 0.3 is 0 Å². The molecule has 4 nitrogen and oxygen atoms in total. The van der Waals surface area contributed by atoms with Gasteiger partial charge in [-0.25, -0.2) is 0 Å². The molecule has 2 heterocycles. The summed E-state index contributed by atoms with van der Waals surface area (Å²) < 4.78 is 1.99. The molecule has 1 aliphatic rings. The molecule has 1 aliphatic heterocycles. The van der Waals surface area contributed by atoms with Gasteiger partial charge in [-0.1, -0.05) is 60.7 Å². The van der Waals surface area contributed by atoms with Crippen LogP contribution in [0.2, 0.25) is 0 Å². The highest BCUT2D eigenvalue weighted by Crippen LogP contribution is 2.25. The van der Waals surface area contributed by atoms with E-state index in [1.165, 1.54) is 37.1 Å². The van der Waals surface area contributed by atoms with Gasteiger partial charge in [-0.2, -0.15) is 5.10 Å². The van der Waals surface area contributed by atoms with Gasteiger partial charge in [0.2, 0.25) is 0 Å². The van der Waals surface area contributed by atoms with Crippen LogP contribution in [-0.4, -0.2) is 34.3 Å². The highest BCUT2D eigenvalue weighted by atomic mass is 15.3. The molecule has 1 saturated heterocycles. The number of nitrogens with zero attached hydrogens (tertiary/aromatic N) is 3. The predicted molar refractivity (Wildman–Crippen MR) is 106 cm³/mol. The molecule has 4 heteroatoms. The van der Waals surface area contributed by atoms with Gasteiger partial charge in [0, 0.05) is 12.7 Å². The SMILES string of the molecule is c1ccc(Cn2cc(NCC(c3ccccc3)N3CCCC3)cn2)cc1. The number of aromatic nitrogens is 2. The largest absolute Gasteiger partial charge is 0.381 e. The topological polar surface area (TPSA) is 33.1 Å². The molecule has 0 saturated carbocycles. The molecule has 0 aliphatic carbocycles. The summed E-state index contributed by atoms with van der Waals surface area (Å²) in [7, 11) is 0. The number of hydrogen-bond acceptors (Lipinski definition) is 3. The second-order valence-electron chi connectivity index (χ2n) is 6.96. The van der Waals surface area contributed by atoms with Crippen molar-refractivity contribution in [3.63, 3.8) is 0 Å². The lowest BCUT2D eigenvalue weighted by Gasteiger charge is -2.28. The van der Waals surface area contributed by atoms with Crippen molar-refractivity contribution in [2.75, 3.05) is 25.0 Å². The third-order valence-corrected chi connectivity index (χ3v) is 5.09. The first kappa shape index (κ1) is 16.9. The fourth-order valence-electron chi connectivity index (χ4n) is 3.71. The van der Waals surface area contributed by atoms with E-state index in [4.69, 9.17) is 0 Å². The molecule has 3 aromatic rings. The summed E-state index contributed by atoms with van der Waals surface area (Å²) in [4.78, 5) is 2.59. The summed E-state index contributed by atoms with van der Waals surface area (Å²) in [6.07, 6.45) is 6.63. The normalized spacial score (nSPS) is 15.8. The summed E-state index contributed by atoms with van der Waals surface area (Å²) in [5.74, 6) is 0. The Hall–Kier alpha value is -2.59. The number of anilines is 1. The van der Waals surface area contributed by atoms with Gasteiger partial charge in [-0.3, -0.25) is 9.58 Å². The molecule has 1 N–H and O–H groups in total. The Balaban J connectivity index is 1.41. The van der Waals surface area contributed by atoms with E-state index in [0.717, 1.165) is 18.8 Å². The van der Waals surface area contributed by atoms with E-state index in [-0.39, 0.29) is 0 Å². The lowest BCUT2D eigenvalue weighted by Crippen LogP contribution is -2.30. The smallest absolute Gasteiger partial charge is 0.0727 e. The van der Waals surface area contributed by atoms with Crippen LogP contribution in [0.3, 0.4) is 0 Å². The molecule has 1 fully saturated rings. The van der Waals surface area contributed by atoms with Gasteiger partial charge in [0.1, 0.15) is 0 Å². The minimum Gasteiger partial charge on any atom is -0.381 e. The van der Waals surface area contributed by atoms with Crippen molar-refractivity contribution in [3.05, 3.63) is 84.2 Å². The zero-order valence-corrected chi connectivity index (χ0v) is 15.1. The third kappa shape index (κ3) is 4.14. The molecule has 1 atom stereocenters. The molecular weight excluding hydrogens is 320 g/mol. The van der Waals surface area contributed by atoms with Crippen LogP contribution in [0.1, 0.15) is 30.0 Å². The molecule has 134 valence electrons. The van der Waals surface area contributed by atoms with E-state index in [1.54, 1.807) is 0 Å². The van der Waals surface area contributed by atoms with Crippen LogP contribution in [0.5, 0.6) is 0 Å². The van der Waals surface area contributed by atoms with E-state index in [2.05, 4.69) is 76.1 Å². The Kier molecular flexibility index (Phi) is 5.31. The van der Waals surface area contributed by atoms with Crippen LogP contribution in [-0.2, 0) is 6.54 Å². The van der Waals surface area contributed by atoms with Crippen molar-refractivity contribution < 1.29 is 0 Å². The van der Waals surface area contributed by atoms with Crippen LogP contribution < -0.4 is 5.32 Å². The Bertz CT molecular complexity index is 791. The molecule has 26 heavy (non-hydrogen) atoms. The Morgan fingerprint density at radius 3 is 2.35 bits per heavy atom. The second kappa shape index (κ2) is 8.19. The van der Waals surface area contributed by atoms with E-state index in [9.17, 15) is 0 Å². The number of nitrogens with one attached hydrogen (secondary N) is 1. The molecular formula is C22H26N4. The maximum Gasteiger partial charge on any atom is 0.0727 e. The number of likely N-dealkylation sites (tertiary alicyclic amines) is 1. The van der Waals surface area contributed by atoms with E-state index in [0.29, 0.717) is 6.04 Å². The van der Waals surface area contributed by atoms with Crippen LogP contribution in [0, 0.1) is 0 Å². The Morgan fingerprint density at radius 1 is 0.923 bits per heavy atom. The van der Waals surface area contributed by atoms with Gasteiger partial charge in [0.15, 0.2) is 0 Å². The Morgan fingerprint density at radius 2 is 1.62 bits per heavy atom. The monoisotopic (exact) mass is 346 g/mol. The molecule has 2 aromatic carbocycles. The van der Waals surface area contributed by atoms with Crippen LogP contribution in [0.4, 0.5) is 5.69 Å². The fourth-order valence-corrected chi connectivity index (χ4v) is 3.71. The zero-order valence-electron chi connectivity index (χ0n) is 15.1. The third-order valence-electron chi connectivity index (χ3n) is 5.09. The van der Waals surface area contributed by atoms with Crippen molar-refractivity contribution in [2.24, 2.45) is 0 Å². The molecule has 0 spiro atoms. The molecule has 0 amide bonds. The average Bonchev–Trinajstić information content (AvgIpc) is 3.36. The molecule has 1 unspecified atom stereocenters. The molecule has 4 rings (SSSR count). The summed E-state index contributed by atoms with van der Waals surface area (Å²) >= 11 is 0. The van der Waals surface area contributed by atoms with E-state index >= 15 is 0 Å². The highest BCUT2D eigenvalue weighted by Gasteiger charge is 2.23. The first-order valence-electron chi connectivity index (χ1n) is 9.48. The Labute approximate surface area is 155 Å². The van der Waals surface area contributed by atoms with Gasteiger partial charge in [-0.15, -0.1) is 0 Å². The lowest BCUT2D eigenvalue weighted by atomic mass is 10.1. The summed E-state index contributed by atoms with van der Waals surface area (Å²) in [6, 6.07) is 21.7. The van der Waals surface area contributed by atoms with Gasteiger partial charge in [-0.05, 0) is 37.1 Å². The van der Waals surface area contributed by atoms with E-state index < -0.39 is 0 Å². The van der Waals surface area contributed by atoms with Gasteiger partial charge in [0.05, 0.1) is 24.5 Å². The van der Waals surface area contributed by atoms with Crippen LogP contribution >= 0.6 is 0 Å². The van der Waals surface area contributed by atoms with E-state index in [1.807, 2.05) is 16.9 Å². The average molecular weight is 346 g/mol. The maximum atomic E-state index is 4.50. The number of benzene rings is 2. The highest BCUT2D eigenvalue weighted by molar-refractivity contribution is 5.39. The fraction of sp³-hybridized carbons (Fsp3) is 0.318. The molecule has 0 radical (unpaired) electrons. The predicted octanol–water partition coefficient (Wildman–Crippen LogP) is 4.18. The minimum atomic E-state index is 0.413. The molecule has 0 bridgehead atoms. The van der Waals surface area contributed by atoms with Crippen molar-refractivity contribution >= 4 is 5.69 Å². The van der Waals surface area contributed by atoms with Crippen LogP contribution in [0.25, 0.3) is 0 Å². The second-order valence-corrected chi connectivity index (χ2v) is 6.96. The summed E-state index contributed by atoms with van der Waals surface area (Å²) in [5, 5.41) is 8.10. The van der Waals surface area contributed by atoms with Gasteiger partial charge in [0.25, 0.3) is 0 Å².